The molecule has 0 aliphatic heterocycles. The van der Waals surface area contributed by atoms with Gasteiger partial charge in [0.1, 0.15) is 6.07 Å². The number of halogens is 1. The van der Waals surface area contributed by atoms with Crippen molar-refractivity contribution in [3.8, 4) is 6.07 Å². The van der Waals surface area contributed by atoms with Gasteiger partial charge in [0.25, 0.3) is 0 Å². The van der Waals surface area contributed by atoms with Crippen LogP contribution in [0.1, 0.15) is 12.5 Å². The lowest BCUT2D eigenvalue weighted by molar-refractivity contribution is 0.797. The number of rotatable bonds is 1. The van der Waals surface area contributed by atoms with Crippen LogP contribution in [0.2, 0.25) is 5.02 Å². The van der Waals surface area contributed by atoms with Crippen molar-refractivity contribution in [3.63, 3.8) is 0 Å². The summed E-state index contributed by atoms with van der Waals surface area (Å²) in [7, 11) is 0. The molecule has 14 heavy (non-hydrogen) atoms. The van der Waals surface area contributed by atoms with Gasteiger partial charge in [-0.25, -0.2) is 0 Å². The number of benzene rings is 1. The summed E-state index contributed by atoms with van der Waals surface area (Å²) in [6.45, 7) is 2.85. The summed E-state index contributed by atoms with van der Waals surface area (Å²) in [6, 6.07) is 7.81. The zero-order chi connectivity index (χ0) is 10.1. The summed E-state index contributed by atoms with van der Waals surface area (Å²) in [5.74, 6) is 0. The van der Waals surface area contributed by atoms with Gasteiger partial charge in [0, 0.05) is 18.1 Å². The van der Waals surface area contributed by atoms with E-state index in [4.69, 9.17) is 16.9 Å². The van der Waals surface area contributed by atoms with E-state index in [9.17, 15) is 0 Å². The summed E-state index contributed by atoms with van der Waals surface area (Å²) in [5, 5.41) is 10.6. The molecule has 0 aliphatic rings. The number of aryl methyl sites for hydroxylation is 1. The Hall–Kier alpha value is -1.46. The fourth-order valence-corrected chi connectivity index (χ4v) is 1.94. The molecule has 0 saturated heterocycles. The van der Waals surface area contributed by atoms with Gasteiger partial charge in [-0.2, -0.15) is 5.26 Å². The summed E-state index contributed by atoms with van der Waals surface area (Å²) in [6.07, 6.45) is 1.84. The van der Waals surface area contributed by atoms with E-state index in [1.54, 1.807) is 0 Å². The number of aromatic nitrogens is 1. The molecule has 0 radical (unpaired) electrons. The first kappa shape index (κ1) is 9.11. The van der Waals surface area contributed by atoms with Gasteiger partial charge in [-0.1, -0.05) is 23.7 Å². The highest BCUT2D eigenvalue weighted by Crippen LogP contribution is 2.27. The van der Waals surface area contributed by atoms with Crippen molar-refractivity contribution in [1.82, 2.24) is 4.57 Å². The fourth-order valence-electron chi connectivity index (χ4n) is 1.65. The smallest absolute Gasteiger partial charge is 0.101 e. The lowest BCUT2D eigenvalue weighted by Gasteiger charge is -2.01. The van der Waals surface area contributed by atoms with Gasteiger partial charge in [0.2, 0.25) is 0 Å². The van der Waals surface area contributed by atoms with Crippen LogP contribution in [0, 0.1) is 11.3 Å². The van der Waals surface area contributed by atoms with Gasteiger partial charge < -0.3 is 4.57 Å². The normalized spacial score (nSPS) is 10.4. The maximum Gasteiger partial charge on any atom is 0.101 e. The van der Waals surface area contributed by atoms with Gasteiger partial charge in [-0.05, 0) is 13.0 Å². The standard InChI is InChI=1S/C11H9ClN2/c1-2-14-7-8(6-13)9-4-3-5-10(12)11(9)14/h3-5,7H,2H2,1H3. The maximum absolute atomic E-state index is 8.93. The molecule has 0 atom stereocenters. The Morgan fingerprint density at radius 3 is 2.93 bits per heavy atom. The first-order valence-corrected chi connectivity index (χ1v) is 4.83. The van der Waals surface area contributed by atoms with Crippen LogP contribution in [0.4, 0.5) is 0 Å². The Kier molecular flexibility index (Phi) is 2.18. The monoisotopic (exact) mass is 204 g/mol. The molecule has 70 valence electrons. The Bertz CT molecular complexity index is 520. The minimum Gasteiger partial charge on any atom is -0.345 e. The van der Waals surface area contributed by atoms with Crippen LogP contribution in [0.25, 0.3) is 10.9 Å². The third-order valence-electron chi connectivity index (χ3n) is 2.31. The molecule has 0 aliphatic carbocycles. The number of fused-ring (bicyclic) bond motifs is 1. The van der Waals surface area contributed by atoms with Crippen molar-refractivity contribution in [2.24, 2.45) is 0 Å². The van der Waals surface area contributed by atoms with Crippen LogP contribution >= 0.6 is 11.6 Å². The molecule has 2 nitrogen and oxygen atoms in total. The van der Waals surface area contributed by atoms with Crippen LogP contribution in [0.3, 0.4) is 0 Å². The Morgan fingerprint density at radius 2 is 2.29 bits per heavy atom. The largest absolute Gasteiger partial charge is 0.345 e. The van der Waals surface area contributed by atoms with E-state index >= 15 is 0 Å². The highest BCUT2D eigenvalue weighted by Gasteiger charge is 2.09. The number of nitriles is 1. The molecule has 1 aromatic heterocycles. The van der Waals surface area contributed by atoms with Gasteiger partial charge in [-0.3, -0.25) is 0 Å². The van der Waals surface area contributed by atoms with Crippen molar-refractivity contribution in [2.75, 3.05) is 0 Å². The van der Waals surface area contributed by atoms with E-state index in [0.717, 1.165) is 17.4 Å². The number of hydrogen-bond donors (Lipinski definition) is 0. The number of nitrogens with zero attached hydrogens (tertiary/aromatic N) is 2. The summed E-state index contributed by atoms with van der Waals surface area (Å²) in [5.41, 5.74) is 1.64. The first-order chi connectivity index (χ1) is 6.77. The highest BCUT2D eigenvalue weighted by atomic mass is 35.5. The summed E-state index contributed by atoms with van der Waals surface area (Å²) < 4.78 is 2.00. The molecular weight excluding hydrogens is 196 g/mol. The van der Waals surface area contributed by atoms with Gasteiger partial charge in [-0.15, -0.1) is 0 Å². The molecule has 0 spiro atoms. The van der Waals surface area contributed by atoms with Gasteiger partial charge >= 0.3 is 0 Å². The summed E-state index contributed by atoms with van der Waals surface area (Å²) in [4.78, 5) is 0. The Labute approximate surface area is 87.3 Å². The Morgan fingerprint density at radius 1 is 1.50 bits per heavy atom. The molecule has 3 heteroatoms. The Balaban J connectivity index is 2.91. The second-order valence-electron chi connectivity index (χ2n) is 3.08. The molecule has 1 aromatic carbocycles. The molecule has 0 fully saturated rings. The molecule has 2 aromatic rings. The highest BCUT2D eigenvalue weighted by molar-refractivity contribution is 6.35. The fraction of sp³-hybridized carbons (Fsp3) is 0.182. The average Bonchev–Trinajstić information content (AvgIpc) is 2.57. The quantitative estimate of drug-likeness (QED) is 0.702. The topological polar surface area (TPSA) is 28.7 Å². The van der Waals surface area contributed by atoms with Crippen LogP contribution in [-0.4, -0.2) is 4.57 Å². The maximum atomic E-state index is 8.93. The van der Waals surface area contributed by atoms with Crippen LogP contribution in [0.5, 0.6) is 0 Å². The zero-order valence-corrected chi connectivity index (χ0v) is 8.54. The van der Waals surface area contributed by atoms with Gasteiger partial charge in [0.05, 0.1) is 16.1 Å². The van der Waals surface area contributed by atoms with Crippen LogP contribution in [-0.2, 0) is 6.54 Å². The predicted molar refractivity (Wildman–Crippen MR) is 57.3 cm³/mol. The second-order valence-corrected chi connectivity index (χ2v) is 3.48. The van der Waals surface area contributed by atoms with Crippen LogP contribution in [0.15, 0.2) is 24.4 Å². The second kappa shape index (κ2) is 3.36. The van der Waals surface area contributed by atoms with Crippen molar-refractivity contribution in [3.05, 3.63) is 35.0 Å². The van der Waals surface area contributed by atoms with Gasteiger partial charge in [0.15, 0.2) is 0 Å². The molecule has 0 bridgehead atoms. The van der Waals surface area contributed by atoms with E-state index in [0.29, 0.717) is 10.6 Å². The molecule has 1 heterocycles. The molecule has 2 rings (SSSR count). The molecular formula is C11H9ClN2. The minimum absolute atomic E-state index is 0.685. The van der Waals surface area contributed by atoms with Crippen molar-refractivity contribution in [2.45, 2.75) is 13.5 Å². The van der Waals surface area contributed by atoms with E-state index in [2.05, 4.69) is 6.07 Å². The SMILES string of the molecule is CCn1cc(C#N)c2cccc(Cl)c21. The number of para-hydroxylation sites is 1. The van der Waals surface area contributed by atoms with E-state index < -0.39 is 0 Å². The summed E-state index contributed by atoms with van der Waals surface area (Å²) >= 11 is 6.08. The third-order valence-corrected chi connectivity index (χ3v) is 2.62. The number of hydrogen-bond acceptors (Lipinski definition) is 1. The first-order valence-electron chi connectivity index (χ1n) is 4.45. The minimum atomic E-state index is 0.685. The average molecular weight is 205 g/mol. The van der Waals surface area contributed by atoms with Crippen molar-refractivity contribution >= 4 is 22.5 Å². The van der Waals surface area contributed by atoms with Crippen LogP contribution < -0.4 is 0 Å². The predicted octanol–water partition coefficient (Wildman–Crippen LogP) is 3.19. The van der Waals surface area contributed by atoms with Crippen molar-refractivity contribution in [1.29, 1.82) is 5.26 Å². The molecule has 0 unspecified atom stereocenters. The van der Waals surface area contributed by atoms with E-state index in [1.807, 2.05) is 35.9 Å². The molecule has 0 N–H and O–H groups in total. The third kappa shape index (κ3) is 1.18. The zero-order valence-electron chi connectivity index (χ0n) is 7.79. The van der Waals surface area contributed by atoms with E-state index in [1.165, 1.54) is 0 Å². The van der Waals surface area contributed by atoms with Crippen molar-refractivity contribution < 1.29 is 0 Å². The molecule has 0 saturated carbocycles. The lowest BCUT2D eigenvalue weighted by atomic mass is 10.2. The lowest BCUT2D eigenvalue weighted by Crippen LogP contribution is -1.90. The van der Waals surface area contributed by atoms with E-state index in [-0.39, 0.29) is 0 Å². The molecule has 0 amide bonds.